The summed E-state index contributed by atoms with van der Waals surface area (Å²) in [5.41, 5.74) is 8.16. The van der Waals surface area contributed by atoms with Crippen molar-refractivity contribution >= 4 is 18.4 Å². The maximum absolute atomic E-state index is 13.9. The zero-order chi connectivity index (χ0) is 14.8. The highest BCUT2D eigenvalue weighted by molar-refractivity contribution is 5.85. The fraction of sp³-hybridized carbons (Fsp3) is 0.500. The first-order valence-electron chi connectivity index (χ1n) is 6.10. The van der Waals surface area contributed by atoms with Gasteiger partial charge in [-0.2, -0.15) is 8.78 Å². The molecule has 3 nitrogen and oxygen atoms in total. The third-order valence-electron chi connectivity index (χ3n) is 2.99. The molecule has 1 aromatic rings. The second-order valence-electron chi connectivity index (χ2n) is 4.63. The Labute approximate surface area is 123 Å². The van der Waals surface area contributed by atoms with Crippen LogP contribution in [0.5, 0.6) is 0 Å². The van der Waals surface area contributed by atoms with Gasteiger partial charge in [-0.25, -0.2) is 4.79 Å². The standard InChI is InChI=1S/C14H19F2NO2.ClH/c1-5-19-13(18)14(15,16)12(17)11-9(3)6-8(2)7-10(11)4;/h6-7,12H,5,17H2,1-4H3;1H/t12-;/m1./s1. The van der Waals surface area contributed by atoms with Gasteiger partial charge in [-0.1, -0.05) is 17.7 Å². The summed E-state index contributed by atoms with van der Waals surface area (Å²) in [7, 11) is 0. The van der Waals surface area contributed by atoms with Crippen LogP contribution in [-0.2, 0) is 9.53 Å². The Hall–Kier alpha value is -1.20. The Morgan fingerprint density at radius 1 is 1.30 bits per heavy atom. The number of halogens is 3. The molecule has 0 radical (unpaired) electrons. The number of ether oxygens (including phenoxy) is 1. The molecule has 0 spiro atoms. The van der Waals surface area contributed by atoms with Crippen molar-refractivity contribution in [1.29, 1.82) is 0 Å². The molecule has 1 atom stereocenters. The molecular formula is C14H20ClF2NO2. The molecule has 0 aliphatic heterocycles. The second-order valence-corrected chi connectivity index (χ2v) is 4.63. The normalized spacial score (nSPS) is 12.6. The van der Waals surface area contributed by atoms with E-state index < -0.39 is 17.9 Å². The van der Waals surface area contributed by atoms with Gasteiger partial charge in [0.1, 0.15) is 6.04 Å². The number of nitrogens with two attached hydrogens (primary N) is 1. The number of benzene rings is 1. The highest BCUT2D eigenvalue weighted by Gasteiger charge is 2.48. The summed E-state index contributed by atoms with van der Waals surface area (Å²) in [5, 5.41) is 0. The summed E-state index contributed by atoms with van der Waals surface area (Å²) in [6.45, 7) is 6.65. The van der Waals surface area contributed by atoms with Crippen LogP contribution in [0.3, 0.4) is 0 Å². The maximum Gasteiger partial charge on any atom is 0.379 e. The molecule has 0 fully saturated rings. The molecule has 0 heterocycles. The van der Waals surface area contributed by atoms with Crippen LogP contribution in [-0.4, -0.2) is 18.5 Å². The first kappa shape index (κ1) is 18.8. The maximum atomic E-state index is 13.9. The summed E-state index contributed by atoms with van der Waals surface area (Å²) in [4.78, 5) is 11.3. The van der Waals surface area contributed by atoms with Crippen LogP contribution in [0.2, 0.25) is 0 Å². The van der Waals surface area contributed by atoms with Gasteiger partial charge in [-0.3, -0.25) is 0 Å². The third-order valence-corrected chi connectivity index (χ3v) is 2.99. The zero-order valence-corrected chi connectivity index (χ0v) is 12.8. The molecule has 0 aliphatic rings. The van der Waals surface area contributed by atoms with Crippen molar-refractivity contribution in [2.24, 2.45) is 5.73 Å². The van der Waals surface area contributed by atoms with Crippen molar-refractivity contribution < 1.29 is 18.3 Å². The molecule has 0 saturated carbocycles. The quantitative estimate of drug-likeness (QED) is 0.869. The van der Waals surface area contributed by atoms with Gasteiger partial charge in [-0.15, -0.1) is 12.4 Å². The van der Waals surface area contributed by atoms with Crippen LogP contribution in [0.4, 0.5) is 8.78 Å². The van der Waals surface area contributed by atoms with Gasteiger partial charge < -0.3 is 10.5 Å². The SMILES string of the molecule is CCOC(=O)C(F)(F)[C@H](N)c1c(C)cc(C)cc1C.Cl. The molecule has 0 aromatic heterocycles. The van der Waals surface area contributed by atoms with Crippen molar-refractivity contribution in [3.8, 4) is 0 Å². The smallest absolute Gasteiger partial charge is 0.379 e. The van der Waals surface area contributed by atoms with Gasteiger partial charge in [0.25, 0.3) is 0 Å². The minimum Gasteiger partial charge on any atom is -0.462 e. The van der Waals surface area contributed by atoms with Gasteiger partial charge >= 0.3 is 11.9 Å². The Morgan fingerprint density at radius 2 is 1.75 bits per heavy atom. The first-order valence-corrected chi connectivity index (χ1v) is 6.10. The van der Waals surface area contributed by atoms with E-state index in [0.717, 1.165) is 5.56 Å². The second kappa shape index (κ2) is 6.99. The van der Waals surface area contributed by atoms with Crippen molar-refractivity contribution in [2.75, 3.05) is 6.61 Å². The van der Waals surface area contributed by atoms with E-state index >= 15 is 0 Å². The van der Waals surface area contributed by atoms with Gasteiger partial charge in [0, 0.05) is 0 Å². The lowest BCUT2D eigenvalue weighted by Crippen LogP contribution is -2.42. The fourth-order valence-electron chi connectivity index (χ4n) is 2.22. The molecule has 0 amide bonds. The van der Waals surface area contributed by atoms with Crippen LogP contribution in [0, 0.1) is 20.8 Å². The molecule has 2 N–H and O–H groups in total. The molecule has 1 aromatic carbocycles. The van der Waals surface area contributed by atoms with Crippen molar-refractivity contribution in [3.63, 3.8) is 0 Å². The number of carbonyl (C=O) groups excluding carboxylic acids is 1. The summed E-state index contributed by atoms with van der Waals surface area (Å²) >= 11 is 0. The Bertz CT molecular complexity index is 469. The van der Waals surface area contributed by atoms with Crippen LogP contribution in [0.1, 0.15) is 35.2 Å². The van der Waals surface area contributed by atoms with Crippen LogP contribution >= 0.6 is 12.4 Å². The summed E-state index contributed by atoms with van der Waals surface area (Å²) < 4.78 is 32.3. The number of aryl methyl sites for hydroxylation is 3. The van der Waals surface area contributed by atoms with Crippen LogP contribution in [0.25, 0.3) is 0 Å². The van der Waals surface area contributed by atoms with Crippen LogP contribution in [0.15, 0.2) is 12.1 Å². The third kappa shape index (κ3) is 3.67. The van der Waals surface area contributed by atoms with Gasteiger partial charge in [0.2, 0.25) is 0 Å². The number of rotatable bonds is 4. The van der Waals surface area contributed by atoms with Crippen molar-refractivity contribution in [2.45, 2.75) is 39.7 Å². The van der Waals surface area contributed by atoms with Crippen molar-refractivity contribution in [3.05, 3.63) is 34.4 Å². The molecular weight excluding hydrogens is 288 g/mol. The topological polar surface area (TPSA) is 52.3 Å². The van der Waals surface area contributed by atoms with E-state index in [9.17, 15) is 13.6 Å². The zero-order valence-electron chi connectivity index (χ0n) is 12.0. The molecule has 0 saturated heterocycles. The lowest BCUT2D eigenvalue weighted by Gasteiger charge is -2.25. The van der Waals surface area contributed by atoms with Crippen molar-refractivity contribution in [1.82, 2.24) is 0 Å². The predicted molar refractivity (Wildman–Crippen MR) is 76.4 cm³/mol. The Morgan fingerprint density at radius 3 is 2.15 bits per heavy atom. The molecule has 6 heteroatoms. The minimum absolute atomic E-state index is 0. The molecule has 0 aliphatic carbocycles. The van der Waals surface area contributed by atoms with E-state index in [0.29, 0.717) is 16.7 Å². The van der Waals surface area contributed by atoms with E-state index in [1.165, 1.54) is 6.92 Å². The van der Waals surface area contributed by atoms with E-state index in [1.54, 1.807) is 26.0 Å². The number of esters is 1. The van der Waals surface area contributed by atoms with E-state index in [1.807, 2.05) is 6.92 Å². The number of hydrogen-bond acceptors (Lipinski definition) is 3. The number of carbonyl (C=O) groups is 1. The van der Waals surface area contributed by atoms with E-state index in [-0.39, 0.29) is 19.0 Å². The number of hydrogen-bond donors (Lipinski definition) is 1. The summed E-state index contributed by atoms with van der Waals surface area (Å²) in [6.07, 6.45) is 0. The van der Waals surface area contributed by atoms with Gasteiger partial charge in [0.05, 0.1) is 6.61 Å². The number of alkyl halides is 2. The van der Waals surface area contributed by atoms with E-state index in [4.69, 9.17) is 5.73 Å². The lowest BCUT2D eigenvalue weighted by atomic mass is 9.91. The Kier molecular flexibility index (Phi) is 6.58. The Balaban J connectivity index is 0.00000361. The average molecular weight is 308 g/mol. The first-order chi connectivity index (χ1) is 8.71. The molecule has 1 rings (SSSR count). The summed E-state index contributed by atoms with van der Waals surface area (Å²) in [6, 6.07) is 1.83. The molecule has 0 unspecified atom stereocenters. The average Bonchev–Trinajstić information content (AvgIpc) is 2.27. The van der Waals surface area contributed by atoms with Gasteiger partial charge in [-0.05, 0) is 44.4 Å². The largest absolute Gasteiger partial charge is 0.462 e. The molecule has 114 valence electrons. The minimum atomic E-state index is -3.74. The van der Waals surface area contributed by atoms with Gasteiger partial charge in [0.15, 0.2) is 0 Å². The molecule has 20 heavy (non-hydrogen) atoms. The summed E-state index contributed by atoms with van der Waals surface area (Å²) in [5.74, 6) is -5.32. The molecule has 0 bridgehead atoms. The van der Waals surface area contributed by atoms with E-state index in [2.05, 4.69) is 4.74 Å². The lowest BCUT2D eigenvalue weighted by molar-refractivity contribution is -0.174. The fourth-order valence-corrected chi connectivity index (χ4v) is 2.22. The highest BCUT2D eigenvalue weighted by Crippen LogP contribution is 2.34. The highest BCUT2D eigenvalue weighted by atomic mass is 35.5. The van der Waals surface area contributed by atoms with Crippen LogP contribution < -0.4 is 5.73 Å². The monoisotopic (exact) mass is 307 g/mol. The predicted octanol–water partition coefficient (Wildman–Crippen LogP) is 3.23.